The Hall–Kier alpha value is -1.20. The molecule has 3 nitrogen and oxygen atoms in total. The summed E-state index contributed by atoms with van der Waals surface area (Å²) in [6.45, 7) is 0.829. The van der Waals surface area contributed by atoms with Crippen molar-refractivity contribution < 1.29 is 9.90 Å². The number of carbonyl (C=O) groups is 1. The van der Waals surface area contributed by atoms with E-state index in [9.17, 15) is 9.90 Å². The average Bonchev–Trinajstić information content (AvgIpc) is 2.25. The average molecular weight is 253 g/mol. The first-order valence-electron chi connectivity index (χ1n) is 4.79. The lowest BCUT2D eigenvalue weighted by molar-refractivity contribution is -0.305. The Kier molecular flexibility index (Phi) is 5.14. The molecule has 86 valence electrons. The topological polar surface area (TPSA) is 43.4 Å². The highest BCUT2D eigenvalue weighted by Crippen LogP contribution is 2.05. The standard InChI is InChI=1S/C11H13NO2S2/c13-10(14)6-7-12(11(15)16)8-9-4-2-1-3-5-9/h1-5H,6-8H2,(H,13,14)(H,15,16)/p-2. The summed E-state index contributed by atoms with van der Waals surface area (Å²) in [6, 6.07) is 9.64. The molecule has 0 aliphatic carbocycles. The third-order valence-corrected chi connectivity index (χ3v) is 2.58. The van der Waals surface area contributed by atoms with Crippen LogP contribution in [0, 0.1) is 0 Å². The van der Waals surface area contributed by atoms with Crippen LogP contribution in [0.4, 0.5) is 0 Å². The van der Waals surface area contributed by atoms with E-state index < -0.39 is 5.97 Å². The number of carbonyl (C=O) groups excluding carboxylic acids is 1. The van der Waals surface area contributed by atoms with Gasteiger partial charge < -0.3 is 39.6 Å². The highest BCUT2D eigenvalue weighted by molar-refractivity contribution is 8.00. The first-order valence-corrected chi connectivity index (χ1v) is 5.61. The lowest BCUT2D eigenvalue weighted by Gasteiger charge is -2.28. The van der Waals surface area contributed by atoms with Crippen molar-refractivity contribution in [3.63, 3.8) is 0 Å². The normalized spacial score (nSPS) is 9.75. The summed E-state index contributed by atoms with van der Waals surface area (Å²) in [6.07, 6.45) is -0.0659. The fourth-order valence-electron chi connectivity index (χ4n) is 1.26. The number of rotatable bonds is 5. The van der Waals surface area contributed by atoms with Crippen LogP contribution in [0.15, 0.2) is 30.3 Å². The van der Waals surface area contributed by atoms with Crippen molar-refractivity contribution in [1.82, 2.24) is 4.90 Å². The quantitative estimate of drug-likeness (QED) is 0.563. The maximum absolute atomic E-state index is 10.4. The number of thiocarbonyl (C=S) groups is 1. The molecule has 1 rings (SSSR count). The molecule has 0 heterocycles. The van der Waals surface area contributed by atoms with Crippen LogP contribution in [-0.2, 0) is 24.0 Å². The minimum absolute atomic E-state index is 0.0659. The van der Waals surface area contributed by atoms with Crippen molar-refractivity contribution >= 4 is 35.1 Å². The number of nitrogens with zero attached hydrogens (tertiary/aromatic N) is 1. The molecule has 0 N–H and O–H groups in total. The summed E-state index contributed by atoms with van der Waals surface area (Å²) >= 11 is 9.79. The van der Waals surface area contributed by atoms with Gasteiger partial charge in [0, 0.05) is 25.5 Å². The maximum Gasteiger partial charge on any atom is 0.0431 e. The van der Waals surface area contributed by atoms with Gasteiger partial charge in [-0.2, -0.15) is 0 Å². The van der Waals surface area contributed by atoms with E-state index in [0.717, 1.165) is 5.56 Å². The molecular weight excluding hydrogens is 242 g/mol. The Morgan fingerprint density at radius 2 is 2.00 bits per heavy atom. The maximum atomic E-state index is 10.4. The SMILES string of the molecule is O=C([O-])CCN(Cc1ccccc1)C(=S)[S-]. The van der Waals surface area contributed by atoms with Crippen LogP contribution >= 0.6 is 12.2 Å². The molecule has 0 amide bonds. The Morgan fingerprint density at radius 1 is 1.38 bits per heavy atom. The van der Waals surface area contributed by atoms with Crippen molar-refractivity contribution in [3.05, 3.63) is 35.9 Å². The summed E-state index contributed by atoms with van der Waals surface area (Å²) < 4.78 is 0.283. The predicted octanol–water partition coefficient (Wildman–Crippen LogP) is 0.460. The Bertz CT molecular complexity index is 368. The van der Waals surface area contributed by atoms with Gasteiger partial charge in [-0.05, 0) is 5.56 Å². The Labute approximate surface area is 105 Å². The smallest absolute Gasteiger partial charge is 0.0431 e. The molecule has 0 fully saturated rings. The molecule has 0 radical (unpaired) electrons. The molecule has 0 saturated carbocycles. The minimum atomic E-state index is -1.09. The molecular formula is C11H11NO2S2-2. The Morgan fingerprint density at radius 3 is 2.50 bits per heavy atom. The van der Waals surface area contributed by atoms with Crippen LogP contribution < -0.4 is 5.11 Å². The summed E-state index contributed by atoms with van der Waals surface area (Å²) in [5.41, 5.74) is 1.05. The zero-order valence-corrected chi connectivity index (χ0v) is 10.2. The highest BCUT2D eigenvalue weighted by Gasteiger charge is 2.02. The lowest BCUT2D eigenvalue weighted by Crippen LogP contribution is -2.33. The van der Waals surface area contributed by atoms with E-state index >= 15 is 0 Å². The second kappa shape index (κ2) is 6.40. The molecule has 0 aromatic heterocycles. The monoisotopic (exact) mass is 253 g/mol. The van der Waals surface area contributed by atoms with E-state index in [0.29, 0.717) is 13.1 Å². The van der Waals surface area contributed by atoms with Gasteiger partial charge in [-0.1, -0.05) is 34.7 Å². The van der Waals surface area contributed by atoms with E-state index in [2.05, 4.69) is 0 Å². The number of hydrogen-bond acceptors (Lipinski definition) is 4. The van der Waals surface area contributed by atoms with E-state index in [4.69, 9.17) is 24.8 Å². The van der Waals surface area contributed by atoms with Gasteiger partial charge in [0.05, 0.1) is 0 Å². The second-order valence-corrected chi connectivity index (χ2v) is 4.33. The van der Waals surface area contributed by atoms with Gasteiger partial charge in [0.15, 0.2) is 0 Å². The summed E-state index contributed by atoms with van der Waals surface area (Å²) in [5.74, 6) is -1.09. The summed E-state index contributed by atoms with van der Waals surface area (Å²) in [4.78, 5) is 12.0. The fraction of sp³-hybridized carbons (Fsp3) is 0.273. The molecule has 0 aliphatic rings. The van der Waals surface area contributed by atoms with Gasteiger partial charge in [0.25, 0.3) is 0 Å². The molecule has 0 spiro atoms. The van der Waals surface area contributed by atoms with Crippen LogP contribution in [0.5, 0.6) is 0 Å². The molecule has 1 aromatic rings. The van der Waals surface area contributed by atoms with Gasteiger partial charge in [0.1, 0.15) is 0 Å². The summed E-state index contributed by atoms with van der Waals surface area (Å²) in [5, 5.41) is 10.4. The number of benzene rings is 1. The molecule has 0 aliphatic heterocycles. The molecule has 5 heteroatoms. The van der Waals surface area contributed by atoms with E-state index in [1.807, 2.05) is 30.3 Å². The molecule has 0 saturated heterocycles. The van der Waals surface area contributed by atoms with Crippen molar-refractivity contribution in [1.29, 1.82) is 0 Å². The molecule has 0 bridgehead atoms. The van der Waals surface area contributed by atoms with E-state index in [1.54, 1.807) is 4.90 Å². The third kappa shape index (κ3) is 4.55. The van der Waals surface area contributed by atoms with Gasteiger partial charge in [-0.3, -0.25) is 0 Å². The molecule has 1 aromatic carbocycles. The highest BCUT2D eigenvalue weighted by atomic mass is 32.1. The largest absolute Gasteiger partial charge is 0.550 e. The van der Waals surface area contributed by atoms with Crippen LogP contribution in [-0.4, -0.2) is 21.7 Å². The second-order valence-electron chi connectivity index (χ2n) is 3.30. The minimum Gasteiger partial charge on any atom is -0.550 e. The third-order valence-electron chi connectivity index (χ3n) is 2.06. The molecule has 0 unspecified atom stereocenters. The van der Waals surface area contributed by atoms with E-state index in [1.165, 1.54) is 0 Å². The van der Waals surface area contributed by atoms with Crippen molar-refractivity contribution in [3.8, 4) is 0 Å². The van der Waals surface area contributed by atoms with Gasteiger partial charge in [0.2, 0.25) is 0 Å². The molecule has 0 atom stereocenters. The van der Waals surface area contributed by atoms with Gasteiger partial charge >= 0.3 is 0 Å². The van der Waals surface area contributed by atoms with Crippen LogP contribution in [0.1, 0.15) is 12.0 Å². The van der Waals surface area contributed by atoms with Crippen molar-refractivity contribution in [2.45, 2.75) is 13.0 Å². The fourth-order valence-corrected chi connectivity index (χ4v) is 1.58. The van der Waals surface area contributed by atoms with Crippen molar-refractivity contribution in [2.24, 2.45) is 0 Å². The first-order chi connectivity index (χ1) is 7.59. The lowest BCUT2D eigenvalue weighted by atomic mass is 10.2. The van der Waals surface area contributed by atoms with E-state index in [-0.39, 0.29) is 10.7 Å². The number of aliphatic carboxylic acids is 1. The first kappa shape index (κ1) is 12.9. The zero-order chi connectivity index (χ0) is 12.0. The number of carboxylic acid groups (broad SMARTS) is 1. The number of carboxylic acids is 1. The van der Waals surface area contributed by atoms with Gasteiger partial charge in [-0.15, -0.1) is 0 Å². The predicted molar refractivity (Wildman–Crippen MR) is 66.4 cm³/mol. The van der Waals surface area contributed by atoms with Crippen LogP contribution in [0.2, 0.25) is 0 Å². The molecule has 16 heavy (non-hydrogen) atoms. The Balaban J connectivity index is 2.58. The van der Waals surface area contributed by atoms with Gasteiger partial charge in [-0.25, -0.2) is 0 Å². The number of hydrogen-bond donors (Lipinski definition) is 0. The van der Waals surface area contributed by atoms with Crippen LogP contribution in [0.3, 0.4) is 0 Å². The zero-order valence-electron chi connectivity index (χ0n) is 8.59. The summed E-state index contributed by atoms with van der Waals surface area (Å²) in [7, 11) is 0. The van der Waals surface area contributed by atoms with Crippen LogP contribution in [0.25, 0.3) is 0 Å². The van der Waals surface area contributed by atoms with Crippen molar-refractivity contribution in [2.75, 3.05) is 6.54 Å².